The van der Waals surface area contributed by atoms with Crippen molar-refractivity contribution in [2.45, 2.75) is 13.0 Å². The van der Waals surface area contributed by atoms with Gasteiger partial charge in [0.1, 0.15) is 5.69 Å². The van der Waals surface area contributed by atoms with Crippen molar-refractivity contribution in [3.8, 4) is 0 Å². The van der Waals surface area contributed by atoms with Crippen LogP contribution in [0.1, 0.15) is 22.5 Å². The van der Waals surface area contributed by atoms with Gasteiger partial charge in [-0.2, -0.15) is 5.10 Å². The molecular formula is C14H16ClN3O2. The molecule has 0 aliphatic rings. The van der Waals surface area contributed by atoms with Gasteiger partial charge in [-0.15, -0.1) is 0 Å². The quantitative estimate of drug-likeness (QED) is 0.857. The highest BCUT2D eigenvalue weighted by molar-refractivity contribution is 6.30. The molecule has 2 rings (SSSR count). The average Bonchev–Trinajstić information content (AvgIpc) is 2.97. The number of nitrogens with one attached hydrogen (secondary N) is 1. The summed E-state index contributed by atoms with van der Waals surface area (Å²) in [6, 6.07) is 9.01. The van der Waals surface area contributed by atoms with Crippen LogP contribution in [0.4, 0.5) is 0 Å². The molecule has 6 heteroatoms. The summed E-state index contributed by atoms with van der Waals surface area (Å²) in [5.74, 6) is -0.143. The van der Waals surface area contributed by atoms with E-state index in [0.29, 0.717) is 30.2 Å². The van der Waals surface area contributed by atoms with Crippen molar-refractivity contribution >= 4 is 17.5 Å². The molecule has 1 aromatic heterocycles. The number of aliphatic hydroxyl groups is 1. The molecule has 0 fully saturated rings. The number of carbonyl (C=O) groups excluding carboxylic acids is 1. The first-order valence-corrected chi connectivity index (χ1v) is 6.72. The monoisotopic (exact) mass is 293 g/mol. The van der Waals surface area contributed by atoms with E-state index in [1.807, 2.05) is 18.2 Å². The number of hydrogen-bond donors (Lipinski definition) is 2. The Bertz CT molecular complexity index is 557. The van der Waals surface area contributed by atoms with E-state index in [0.717, 1.165) is 5.56 Å². The van der Waals surface area contributed by atoms with Gasteiger partial charge in [0.25, 0.3) is 5.91 Å². The predicted molar refractivity (Wildman–Crippen MR) is 76.5 cm³/mol. The highest BCUT2D eigenvalue weighted by atomic mass is 35.5. The zero-order valence-electron chi connectivity index (χ0n) is 10.9. The minimum Gasteiger partial charge on any atom is -0.396 e. The molecule has 0 unspecified atom stereocenters. The first-order chi connectivity index (χ1) is 9.70. The maximum atomic E-state index is 12.3. The topological polar surface area (TPSA) is 69.2 Å². The fourth-order valence-electron chi connectivity index (χ4n) is 1.92. The Morgan fingerprint density at radius 2 is 2.25 bits per heavy atom. The van der Waals surface area contributed by atoms with Crippen LogP contribution in [-0.4, -0.2) is 39.3 Å². The highest BCUT2D eigenvalue weighted by Gasteiger charge is 2.17. The van der Waals surface area contributed by atoms with Gasteiger partial charge in [-0.1, -0.05) is 23.7 Å². The Labute approximate surface area is 122 Å². The number of benzene rings is 1. The van der Waals surface area contributed by atoms with Crippen molar-refractivity contribution in [2.75, 3.05) is 13.2 Å². The first-order valence-electron chi connectivity index (χ1n) is 6.34. The second-order valence-electron chi connectivity index (χ2n) is 4.40. The minimum absolute atomic E-state index is 0.0440. The maximum Gasteiger partial charge on any atom is 0.272 e. The third-order valence-electron chi connectivity index (χ3n) is 2.87. The van der Waals surface area contributed by atoms with Crippen LogP contribution in [0.15, 0.2) is 36.5 Å². The summed E-state index contributed by atoms with van der Waals surface area (Å²) >= 11 is 5.95. The lowest BCUT2D eigenvalue weighted by Gasteiger charge is -2.22. The lowest BCUT2D eigenvalue weighted by atomic mass is 10.2. The zero-order valence-corrected chi connectivity index (χ0v) is 11.7. The summed E-state index contributed by atoms with van der Waals surface area (Å²) in [6.07, 6.45) is 2.07. The number of aromatic nitrogens is 2. The molecule has 2 aromatic rings. The van der Waals surface area contributed by atoms with Crippen LogP contribution >= 0.6 is 11.6 Å². The summed E-state index contributed by atoms with van der Waals surface area (Å²) < 4.78 is 0. The third-order valence-corrected chi connectivity index (χ3v) is 3.10. The largest absolute Gasteiger partial charge is 0.396 e. The Kier molecular flexibility index (Phi) is 5.15. The van der Waals surface area contributed by atoms with Gasteiger partial charge in [-0.3, -0.25) is 9.89 Å². The van der Waals surface area contributed by atoms with Crippen LogP contribution in [0.3, 0.4) is 0 Å². The van der Waals surface area contributed by atoms with Crippen LogP contribution in [-0.2, 0) is 6.54 Å². The van der Waals surface area contributed by atoms with E-state index in [4.69, 9.17) is 16.7 Å². The van der Waals surface area contributed by atoms with E-state index in [9.17, 15) is 4.79 Å². The van der Waals surface area contributed by atoms with Gasteiger partial charge in [-0.25, -0.2) is 0 Å². The van der Waals surface area contributed by atoms with Crippen molar-refractivity contribution < 1.29 is 9.90 Å². The molecule has 0 saturated carbocycles. The number of nitrogens with zero attached hydrogens (tertiary/aromatic N) is 2. The van der Waals surface area contributed by atoms with E-state index in [2.05, 4.69) is 10.2 Å². The third kappa shape index (κ3) is 3.82. The van der Waals surface area contributed by atoms with Gasteiger partial charge in [0.2, 0.25) is 0 Å². The first kappa shape index (κ1) is 14.6. The summed E-state index contributed by atoms with van der Waals surface area (Å²) in [4.78, 5) is 14.0. The van der Waals surface area contributed by atoms with Gasteiger partial charge in [0.15, 0.2) is 0 Å². The summed E-state index contributed by atoms with van der Waals surface area (Å²) in [6.45, 7) is 0.960. The molecule has 2 N–H and O–H groups in total. The maximum absolute atomic E-state index is 12.3. The SMILES string of the molecule is O=C(c1ccn[nH]1)N(CCCO)Cc1cccc(Cl)c1. The minimum atomic E-state index is -0.143. The number of amides is 1. The number of carbonyl (C=O) groups is 1. The van der Waals surface area contributed by atoms with Crippen LogP contribution in [0, 0.1) is 0 Å². The molecular weight excluding hydrogens is 278 g/mol. The summed E-state index contributed by atoms with van der Waals surface area (Å²) in [7, 11) is 0. The molecule has 0 radical (unpaired) electrons. The van der Waals surface area contributed by atoms with Crippen LogP contribution in [0.25, 0.3) is 0 Å². The zero-order chi connectivity index (χ0) is 14.4. The van der Waals surface area contributed by atoms with Crippen molar-refractivity contribution in [1.29, 1.82) is 0 Å². The molecule has 0 spiro atoms. The van der Waals surface area contributed by atoms with Crippen molar-refractivity contribution in [2.24, 2.45) is 0 Å². The molecule has 20 heavy (non-hydrogen) atoms. The van der Waals surface area contributed by atoms with E-state index in [1.54, 1.807) is 17.0 Å². The van der Waals surface area contributed by atoms with Crippen molar-refractivity contribution in [3.63, 3.8) is 0 Å². The molecule has 0 saturated heterocycles. The molecule has 0 aliphatic carbocycles. The molecule has 106 valence electrons. The molecule has 0 bridgehead atoms. The fourth-order valence-corrected chi connectivity index (χ4v) is 2.13. The molecule has 5 nitrogen and oxygen atoms in total. The Hall–Kier alpha value is -1.85. The Balaban J connectivity index is 2.13. The summed E-state index contributed by atoms with van der Waals surface area (Å²) in [5.41, 5.74) is 1.38. The number of hydrogen-bond acceptors (Lipinski definition) is 3. The van der Waals surface area contributed by atoms with Gasteiger partial charge >= 0.3 is 0 Å². The highest BCUT2D eigenvalue weighted by Crippen LogP contribution is 2.14. The fraction of sp³-hybridized carbons (Fsp3) is 0.286. The van der Waals surface area contributed by atoms with Gasteiger partial charge < -0.3 is 10.0 Å². The number of H-pyrrole nitrogens is 1. The number of aliphatic hydroxyl groups excluding tert-OH is 1. The summed E-state index contributed by atoms with van der Waals surface area (Å²) in [5, 5.41) is 16.0. The molecule has 1 amide bonds. The van der Waals surface area contributed by atoms with Crippen molar-refractivity contribution in [3.05, 3.63) is 52.8 Å². The molecule has 1 aromatic carbocycles. The number of aromatic amines is 1. The Morgan fingerprint density at radius 3 is 2.90 bits per heavy atom. The molecule has 0 aliphatic heterocycles. The van der Waals surface area contributed by atoms with Crippen LogP contribution in [0.2, 0.25) is 5.02 Å². The van der Waals surface area contributed by atoms with Gasteiger partial charge in [0, 0.05) is 30.9 Å². The second kappa shape index (κ2) is 7.07. The van der Waals surface area contributed by atoms with Gasteiger partial charge in [-0.05, 0) is 30.2 Å². The average molecular weight is 294 g/mol. The molecule has 1 heterocycles. The van der Waals surface area contributed by atoms with E-state index < -0.39 is 0 Å². The number of rotatable bonds is 6. The van der Waals surface area contributed by atoms with Crippen LogP contribution in [0.5, 0.6) is 0 Å². The van der Waals surface area contributed by atoms with Gasteiger partial charge in [0.05, 0.1) is 0 Å². The molecule has 0 atom stereocenters. The van der Waals surface area contributed by atoms with E-state index in [1.165, 1.54) is 6.20 Å². The lowest BCUT2D eigenvalue weighted by molar-refractivity contribution is 0.0726. The van der Waals surface area contributed by atoms with Crippen molar-refractivity contribution in [1.82, 2.24) is 15.1 Å². The second-order valence-corrected chi connectivity index (χ2v) is 4.84. The predicted octanol–water partition coefficient (Wildman–Crippen LogP) is 2.09. The Morgan fingerprint density at radius 1 is 1.40 bits per heavy atom. The van der Waals surface area contributed by atoms with Crippen LogP contribution < -0.4 is 0 Å². The van der Waals surface area contributed by atoms with E-state index >= 15 is 0 Å². The number of halogens is 1. The normalized spacial score (nSPS) is 10.5. The van der Waals surface area contributed by atoms with E-state index in [-0.39, 0.29) is 12.5 Å². The standard InChI is InChI=1S/C14H16ClN3O2/c15-12-4-1-3-11(9-12)10-18(7-2-8-19)14(20)13-5-6-16-17-13/h1,3-6,9,19H,2,7-8,10H2,(H,16,17). The lowest BCUT2D eigenvalue weighted by Crippen LogP contribution is -2.32. The smallest absolute Gasteiger partial charge is 0.272 e.